The molecule has 4 rings (SSSR count). The normalized spacial score (nSPS) is 28.0. The second kappa shape index (κ2) is 7.33. The maximum Gasteiger partial charge on any atom is 0.416 e. The van der Waals surface area contributed by atoms with Crippen molar-refractivity contribution in [1.82, 2.24) is 4.90 Å². The molecule has 0 spiro atoms. The Balaban J connectivity index is 1.21. The number of anilines is 1. The van der Waals surface area contributed by atoms with E-state index in [1.165, 1.54) is 4.90 Å². The lowest BCUT2D eigenvalue weighted by Gasteiger charge is -2.17. The number of hydrogen-bond donors (Lipinski definition) is 1. The van der Waals surface area contributed by atoms with Crippen molar-refractivity contribution in [2.75, 3.05) is 18.5 Å². The van der Waals surface area contributed by atoms with Gasteiger partial charge in [-0.1, -0.05) is 0 Å². The first-order valence-corrected chi connectivity index (χ1v) is 9.37. The van der Waals surface area contributed by atoms with Crippen molar-refractivity contribution in [3.05, 3.63) is 29.8 Å². The summed E-state index contributed by atoms with van der Waals surface area (Å²) >= 11 is 0. The third-order valence-corrected chi connectivity index (χ3v) is 5.59. The molecular formula is C19H19F3N2O5. The number of ether oxygens (including phenoxy) is 2. The van der Waals surface area contributed by atoms with Crippen LogP contribution in [0.15, 0.2) is 24.3 Å². The number of likely N-dealkylation sites (tertiary alicyclic amines) is 1. The minimum Gasteiger partial charge on any atom is -0.449 e. The van der Waals surface area contributed by atoms with E-state index < -0.39 is 17.8 Å². The number of carbonyl (C=O) groups is 3. The third-order valence-electron chi connectivity index (χ3n) is 5.59. The third kappa shape index (κ3) is 3.68. The van der Waals surface area contributed by atoms with E-state index in [9.17, 15) is 27.6 Å². The molecule has 2 bridgehead atoms. The zero-order valence-electron chi connectivity index (χ0n) is 15.3. The summed E-state index contributed by atoms with van der Waals surface area (Å²) in [7, 11) is 0. The Kier molecular flexibility index (Phi) is 4.97. The standard InChI is InChI=1S/C19H19F3N2O5/c20-19(21,22)10-2-4-11(5-3-10)23-18(27)28-9-1-8-24-16(25)14-12-6-7-13(29-12)15(14)17(24)26/h2-5,12-15H,1,6-9H2,(H,23,27). The maximum atomic E-state index is 12.5. The van der Waals surface area contributed by atoms with Crippen LogP contribution >= 0.6 is 0 Å². The van der Waals surface area contributed by atoms with Crippen molar-refractivity contribution in [3.63, 3.8) is 0 Å². The van der Waals surface area contributed by atoms with Gasteiger partial charge in [-0.15, -0.1) is 0 Å². The number of nitrogens with one attached hydrogen (secondary N) is 1. The molecule has 156 valence electrons. The number of hydrogen-bond acceptors (Lipinski definition) is 5. The topological polar surface area (TPSA) is 84.9 Å². The molecule has 1 aromatic rings. The molecule has 1 aromatic carbocycles. The highest BCUT2D eigenvalue weighted by atomic mass is 19.4. The van der Waals surface area contributed by atoms with Gasteiger partial charge < -0.3 is 9.47 Å². The number of carbonyl (C=O) groups excluding carboxylic acids is 3. The van der Waals surface area contributed by atoms with E-state index >= 15 is 0 Å². The van der Waals surface area contributed by atoms with Gasteiger partial charge in [0.25, 0.3) is 0 Å². The van der Waals surface area contributed by atoms with E-state index in [1.54, 1.807) is 0 Å². The highest BCUT2D eigenvalue weighted by molar-refractivity contribution is 6.06. The average molecular weight is 412 g/mol. The lowest BCUT2D eigenvalue weighted by atomic mass is 9.81. The second-order valence-electron chi connectivity index (χ2n) is 7.36. The van der Waals surface area contributed by atoms with Crippen molar-refractivity contribution in [2.45, 2.75) is 37.6 Å². The van der Waals surface area contributed by atoms with Crippen molar-refractivity contribution in [1.29, 1.82) is 0 Å². The van der Waals surface area contributed by atoms with Gasteiger partial charge in [0.15, 0.2) is 0 Å². The molecule has 0 aliphatic carbocycles. The number of benzene rings is 1. The van der Waals surface area contributed by atoms with Gasteiger partial charge in [0, 0.05) is 12.2 Å². The molecule has 1 N–H and O–H groups in total. The van der Waals surface area contributed by atoms with Gasteiger partial charge >= 0.3 is 12.3 Å². The van der Waals surface area contributed by atoms with Gasteiger partial charge in [0.05, 0.1) is 36.2 Å². The van der Waals surface area contributed by atoms with E-state index in [-0.39, 0.29) is 61.1 Å². The highest BCUT2D eigenvalue weighted by Crippen LogP contribution is 2.48. The first-order chi connectivity index (χ1) is 13.8. The number of alkyl halides is 3. The molecule has 3 heterocycles. The zero-order valence-corrected chi connectivity index (χ0v) is 15.3. The Morgan fingerprint density at radius 2 is 1.69 bits per heavy atom. The van der Waals surface area contributed by atoms with Crippen molar-refractivity contribution in [3.8, 4) is 0 Å². The predicted molar refractivity (Wildman–Crippen MR) is 92.6 cm³/mol. The van der Waals surface area contributed by atoms with Crippen LogP contribution in [0.1, 0.15) is 24.8 Å². The molecule has 3 amide bonds. The molecule has 0 saturated carbocycles. The van der Waals surface area contributed by atoms with Crippen LogP contribution in [0.2, 0.25) is 0 Å². The highest BCUT2D eigenvalue weighted by Gasteiger charge is 2.62. The smallest absolute Gasteiger partial charge is 0.416 e. The van der Waals surface area contributed by atoms with Crippen LogP contribution in [-0.2, 0) is 25.2 Å². The largest absolute Gasteiger partial charge is 0.449 e. The van der Waals surface area contributed by atoms with Crippen molar-refractivity contribution < 1.29 is 37.0 Å². The first-order valence-electron chi connectivity index (χ1n) is 9.37. The molecule has 29 heavy (non-hydrogen) atoms. The van der Waals surface area contributed by atoms with Gasteiger partial charge in [-0.2, -0.15) is 13.2 Å². The first kappa shape index (κ1) is 19.7. The summed E-state index contributed by atoms with van der Waals surface area (Å²) in [4.78, 5) is 37.9. The van der Waals surface area contributed by atoms with E-state index in [0.717, 1.165) is 37.1 Å². The Hall–Kier alpha value is -2.62. The van der Waals surface area contributed by atoms with Crippen molar-refractivity contribution in [2.24, 2.45) is 11.8 Å². The lowest BCUT2D eigenvalue weighted by molar-refractivity contribution is -0.142. The van der Waals surface area contributed by atoms with Crippen LogP contribution in [0.5, 0.6) is 0 Å². The molecular weight excluding hydrogens is 393 g/mol. The monoisotopic (exact) mass is 412 g/mol. The van der Waals surface area contributed by atoms with E-state index in [4.69, 9.17) is 9.47 Å². The summed E-state index contributed by atoms with van der Waals surface area (Å²) in [6.07, 6.45) is -3.75. The maximum absolute atomic E-state index is 12.5. The molecule has 10 heteroatoms. The Morgan fingerprint density at radius 1 is 1.10 bits per heavy atom. The van der Waals surface area contributed by atoms with Gasteiger partial charge in [-0.05, 0) is 43.5 Å². The Labute approximate surface area is 164 Å². The number of halogens is 3. The number of fused-ring (bicyclic) bond motifs is 5. The van der Waals surface area contributed by atoms with Crippen LogP contribution in [0, 0.1) is 11.8 Å². The number of amides is 3. The van der Waals surface area contributed by atoms with Crippen LogP contribution in [-0.4, -0.2) is 48.2 Å². The number of nitrogens with zero attached hydrogens (tertiary/aromatic N) is 1. The summed E-state index contributed by atoms with van der Waals surface area (Å²) in [5, 5.41) is 2.33. The average Bonchev–Trinajstić information content (AvgIpc) is 3.34. The number of imide groups is 1. The second-order valence-corrected chi connectivity index (χ2v) is 7.36. The summed E-state index contributed by atoms with van der Waals surface area (Å²) in [6.45, 7) is 0.111. The molecule has 0 radical (unpaired) electrons. The van der Waals surface area contributed by atoms with Gasteiger partial charge in [0.2, 0.25) is 11.8 Å². The fourth-order valence-electron chi connectivity index (χ4n) is 4.28. The predicted octanol–water partition coefficient (Wildman–Crippen LogP) is 2.81. The van der Waals surface area contributed by atoms with Crippen LogP contribution in [0.3, 0.4) is 0 Å². The van der Waals surface area contributed by atoms with Crippen molar-refractivity contribution >= 4 is 23.6 Å². The molecule has 7 nitrogen and oxygen atoms in total. The molecule has 3 aliphatic heterocycles. The molecule has 3 fully saturated rings. The molecule has 3 aliphatic rings. The quantitative estimate of drug-likeness (QED) is 0.594. The minimum atomic E-state index is -4.45. The van der Waals surface area contributed by atoms with Gasteiger partial charge in [0.1, 0.15) is 0 Å². The van der Waals surface area contributed by atoms with Crippen LogP contribution < -0.4 is 5.32 Å². The minimum absolute atomic E-state index is 0.0395. The molecule has 4 atom stereocenters. The molecule has 0 aromatic heterocycles. The fraction of sp³-hybridized carbons (Fsp3) is 0.526. The summed E-state index contributed by atoms with van der Waals surface area (Å²) in [5.74, 6) is -1.21. The van der Waals surface area contributed by atoms with Crippen LogP contribution in [0.4, 0.5) is 23.7 Å². The van der Waals surface area contributed by atoms with Gasteiger partial charge in [-0.25, -0.2) is 4.79 Å². The summed E-state index contributed by atoms with van der Waals surface area (Å²) in [5.41, 5.74) is -0.656. The number of rotatable bonds is 5. The lowest BCUT2D eigenvalue weighted by Crippen LogP contribution is -2.35. The van der Waals surface area contributed by atoms with Crippen LogP contribution in [0.25, 0.3) is 0 Å². The molecule has 4 unspecified atom stereocenters. The van der Waals surface area contributed by atoms with Gasteiger partial charge in [-0.3, -0.25) is 19.8 Å². The summed E-state index contributed by atoms with van der Waals surface area (Å²) < 4.78 is 48.2. The summed E-state index contributed by atoms with van der Waals surface area (Å²) in [6, 6.07) is 3.96. The Morgan fingerprint density at radius 3 is 2.24 bits per heavy atom. The van der Waals surface area contributed by atoms with E-state index in [2.05, 4.69) is 5.32 Å². The van der Waals surface area contributed by atoms with E-state index in [0.29, 0.717) is 0 Å². The molecule has 3 saturated heterocycles. The van der Waals surface area contributed by atoms with E-state index in [1.807, 2.05) is 0 Å². The Bertz CT molecular complexity index is 798. The zero-order chi connectivity index (χ0) is 20.8. The SMILES string of the molecule is O=C(Nc1ccc(C(F)(F)F)cc1)OCCCN1C(=O)C2C3CCC(O3)C2C1=O. The fourth-order valence-corrected chi connectivity index (χ4v) is 4.28.